The van der Waals surface area contributed by atoms with Crippen LogP contribution in [0.25, 0.3) is 22.4 Å². The summed E-state index contributed by atoms with van der Waals surface area (Å²) in [5.41, 5.74) is 3.11. The first kappa shape index (κ1) is 11.3. The molecular formula is C13H10N4O2. The van der Waals surface area contributed by atoms with Gasteiger partial charge in [0.2, 0.25) is 0 Å². The third kappa shape index (κ3) is 1.56. The van der Waals surface area contributed by atoms with E-state index in [2.05, 4.69) is 11.1 Å². The summed E-state index contributed by atoms with van der Waals surface area (Å²) in [4.78, 5) is 15.5. The van der Waals surface area contributed by atoms with E-state index in [9.17, 15) is 4.79 Å². The van der Waals surface area contributed by atoms with E-state index in [1.165, 1.54) is 4.57 Å². The molecule has 3 rings (SSSR count). The number of hydrogen-bond donors (Lipinski definition) is 0. The van der Waals surface area contributed by atoms with Gasteiger partial charge in [-0.3, -0.25) is 4.57 Å². The molecule has 3 aromatic rings. The first-order valence-corrected chi connectivity index (χ1v) is 5.63. The van der Waals surface area contributed by atoms with Gasteiger partial charge in [-0.1, -0.05) is 0 Å². The van der Waals surface area contributed by atoms with Crippen LogP contribution >= 0.6 is 0 Å². The molecule has 19 heavy (non-hydrogen) atoms. The Kier molecular flexibility index (Phi) is 2.29. The number of oxazole rings is 1. The van der Waals surface area contributed by atoms with Gasteiger partial charge in [-0.25, -0.2) is 9.78 Å². The lowest BCUT2D eigenvalue weighted by Crippen LogP contribution is -2.08. The Morgan fingerprint density at radius 1 is 1.37 bits per heavy atom. The molecule has 2 heterocycles. The van der Waals surface area contributed by atoms with Crippen molar-refractivity contribution in [2.24, 2.45) is 14.1 Å². The summed E-state index contributed by atoms with van der Waals surface area (Å²) in [5, 5.41) is 9.07. The SMILES string of the molecule is Cn1cnc(C#N)c1-c1ccc2oc(=O)n(C)c2c1. The fraction of sp³-hybridized carbons (Fsp3) is 0.154. The van der Waals surface area contributed by atoms with Crippen molar-refractivity contribution in [3.8, 4) is 17.3 Å². The molecule has 0 atom stereocenters. The van der Waals surface area contributed by atoms with E-state index in [-0.39, 0.29) is 0 Å². The predicted octanol–water partition coefficient (Wildman–Crippen LogP) is 1.40. The molecule has 6 heteroatoms. The molecule has 0 spiro atoms. The lowest BCUT2D eigenvalue weighted by atomic mass is 10.1. The van der Waals surface area contributed by atoms with Gasteiger partial charge in [-0.2, -0.15) is 5.26 Å². The highest BCUT2D eigenvalue weighted by molar-refractivity contribution is 5.80. The van der Waals surface area contributed by atoms with Gasteiger partial charge in [0.15, 0.2) is 11.3 Å². The Labute approximate surface area is 108 Å². The maximum absolute atomic E-state index is 11.5. The van der Waals surface area contributed by atoms with Crippen molar-refractivity contribution in [1.29, 1.82) is 5.26 Å². The largest absolute Gasteiger partial charge is 0.419 e. The molecule has 0 saturated heterocycles. The third-order valence-corrected chi connectivity index (χ3v) is 3.11. The molecule has 0 N–H and O–H groups in total. The van der Waals surface area contributed by atoms with Crippen molar-refractivity contribution in [3.05, 3.63) is 40.8 Å². The Morgan fingerprint density at radius 3 is 2.89 bits per heavy atom. The van der Waals surface area contributed by atoms with Crippen LogP contribution in [0.15, 0.2) is 33.7 Å². The summed E-state index contributed by atoms with van der Waals surface area (Å²) in [5.74, 6) is -0.405. The van der Waals surface area contributed by atoms with Gasteiger partial charge in [0.1, 0.15) is 6.07 Å². The standard InChI is InChI=1S/C13H10N4O2/c1-16-7-15-9(6-14)12(16)8-3-4-11-10(5-8)17(2)13(18)19-11/h3-5,7H,1-2H3. The predicted molar refractivity (Wildman–Crippen MR) is 68.4 cm³/mol. The number of fused-ring (bicyclic) bond motifs is 1. The summed E-state index contributed by atoms with van der Waals surface area (Å²) < 4.78 is 8.29. The molecule has 0 aliphatic carbocycles. The fourth-order valence-corrected chi connectivity index (χ4v) is 2.13. The molecule has 0 bridgehead atoms. The van der Waals surface area contributed by atoms with E-state index in [0.29, 0.717) is 16.8 Å². The van der Waals surface area contributed by atoms with Gasteiger partial charge in [0, 0.05) is 19.7 Å². The minimum atomic E-state index is -0.405. The zero-order chi connectivity index (χ0) is 13.6. The molecule has 0 fully saturated rings. The van der Waals surface area contributed by atoms with Crippen molar-refractivity contribution in [3.63, 3.8) is 0 Å². The summed E-state index contributed by atoms with van der Waals surface area (Å²) in [6, 6.07) is 7.41. The van der Waals surface area contributed by atoms with Crippen LogP contribution in [0.5, 0.6) is 0 Å². The molecular weight excluding hydrogens is 244 g/mol. The van der Waals surface area contributed by atoms with Crippen LogP contribution in [0.4, 0.5) is 0 Å². The van der Waals surface area contributed by atoms with Gasteiger partial charge >= 0.3 is 5.76 Å². The van der Waals surface area contributed by atoms with Crippen LogP contribution in [0.3, 0.4) is 0 Å². The molecule has 0 aliphatic heterocycles. The first-order valence-electron chi connectivity index (χ1n) is 5.63. The number of aromatic nitrogens is 3. The van der Waals surface area contributed by atoms with Gasteiger partial charge in [0.05, 0.1) is 17.5 Å². The smallest absolute Gasteiger partial charge is 0.408 e. The van der Waals surface area contributed by atoms with E-state index in [1.54, 1.807) is 24.0 Å². The molecule has 0 aliphatic rings. The van der Waals surface area contributed by atoms with Crippen molar-refractivity contribution in [1.82, 2.24) is 14.1 Å². The maximum Gasteiger partial charge on any atom is 0.419 e. The Morgan fingerprint density at radius 2 is 2.16 bits per heavy atom. The highest BCUT2D eigenvalue weighted by Crippen LogP contribution is 2.25. The van der Waals surface area contributed by atoms with Crippen LogP contribution in [0, 0.1) is 11.3 Å². The lowest BCUT2D eigenvalue weighted by Gasteiger charge is -2.03. The van der Waals surface area contributed by atoms with Crippen molar-refractivity contribution < 1.29 is 4.42 Å². The Bertz CT molecular complexity index is 876. The van der Waals surface area contributed by atoms with Gasteiger partial charge in [-0.05, 0) is 18.2 Å². The molecule has 1 aromatic carbocycles. The van der Waals surface area contributed by atoms with Crippen LogP contribution in [0.1, 0.15) is 5.69 Å². The average Bonchev–Trinajstić information content (AvgIpc) is 2.91. The van der Waals surface area contributed by atoms with E-state index < -0.39 is 5.76 Å². The molecule has 0 saturated carbocycles. The second kappa shape index (κ2) is 3.85. The number of rotatable bonds is 1. The average molecular weight is 254 g/mol. The summed E-state index contributed by atoms with van der Waals surface area (Å²) in [6.07, 6.45) is 1.59. The van der Waals surface area contributed by atoms with Crippen molar-refractivity contribution in [2.45, 2.75) is 0 Å². The minimum Gasteiger partial charge on any atom is -0.408 e. The zero-order valence-corrected chi connectivity index (χ0v) is 10.4. The quantitative estimate of drug-likeness (QED) is 0.657. The van der Waals surface area contributed by atoms with Crippen LogP contribution in [-0.2, 0) is 14.1 Å². The molecule has 94 valence electrons. The maximum atomic E-state index is 11.5. The lowest BCUT2D eigenvalue weighted by molar-refractivity contribution is 0.528. The van der Waals surface area contributed by atoms with Gasteiger partial charge in [0.25, 0.3) is 0 Å². The van der Waals surface area contributed by atoms with Gasteiger partial charge in [-0.15, -0.1) is 0 Å². The van der Waals surface area contributed by atoms with E-state index in [4.69, 9.17) is 9.68 Å². The van der Waals surface area contributed by atoms with Crippen molar-refractivity contribution in [2.75, 3.05) is 0 Å². The topological polar surface area (TPSA) is 76.8 Å². The number of imidazole rings is 1. The number of nitrogens with zero attached hydrogens (tertiary/aromatic N) is 4. The highest BCUT2D eigenvalue weighted by Gasteiger charge is 2.13. The normalized spacial score (nSPS) is 10.8. The second-order valence-electron chi connectivity index (χ2n) is 4.27. The number of benzene rings is 1. The monoisotopic (exact) mass is 254 g/mol. The highest BCUT2D eigenvalue weighted by atomic mass is 16.4. The van der Waals surface area contributed by atoms with E-state index in [0.717, 1.165) is 11.3 Å². The molecule has 2 aromatic heterocycles. The number of hydrogen-bond acceptors (Lipinski definition) is 4. The van der Waals surface area contributed by atoms with E-state index in [1.807, 2.05) is 19.2 Å². The number of aryl methyl sites for hydroxylation is 2. The molecule has 6 nitrogen and oxygen atoms in total. The first-order chi connectivity index (χ1) is 9.11. The molecule has 0 unspecified atom stereocenters. The Hall–Kier alpha value is -2.81. The van der Waals surface area contributed by atoms with E-state index >= 15 is 0 Å². The molecule has 0 radical (unpaired) electrons. The van der Waals surface area contributed by atoms with Gasteiger partial charge < -0.3 is 8.98 Å². The van der Waals surface area contributed by atoms with Crippen molar-refractivity contribution >= 4 is 11.1 Å². The summed E-state index contributed by atoms with van der Waals surface area (Å²) >= 11 is 0. The minimum absolute atomic E-state index is 0.357. The summed E-state index contributed by atoms with van der Waals surface area (Å²) in [7, 11) is 3.47. The third-order valence-electron chi connectivity index (χ3n) is 3.11. The Balaban J connectivity index is 2.32. The summed E-state index contributed by atoms with van der Waals surface area (Å²) in [6.45, 7) is 0. The number of nitriles is 1. The fourth-order valence-electron chi connectivity index (χ4n) is 2.13. The van der Waals surface area contributed by atoms with Crippen LogP contribution in [0.2, 0.25) is 0 Å². The molecule has 0 amide bonds. The van der Waals surface area contributed by atoms with Crippen LogP contribution < -0.4 is 5.76 Å². The zero-order valence-electron chi connectivity index (χ0n) is 10.4. The second-order valence-corrected chi connectivity index (χ2v) is 4.27. The van der Waals surface area contributed by atoms with Crippen LogP contribution in [-0.4, -0.2) is 14.1 Å².